The second kappa shape index (κ2) is 5.51. The average molecular weight is 270 g/mol. The monoisotopic (exact) mass is 270 g/mol. The van der Waals surface area contributed by atoms with E-state index in [4.69, 9.17) is 0 Å². The van der Waals surface area contributed by atoms with Gasteiger partial charge in [0.25, 0.3) is 5.91 Å². The largest absolute Gasteiger partial charge is 0.391 e. The molecule has 0 aliphatic carbocycles. The topological polar surface area (TPSA) is 56.3 Å². The number of carbonyl (C=O) groups is 1. The number of hydrogen-bond acceptors (Lipinski definition) is 2. The number of hydrogen-bond donors (Lipinski definition) is 2. The molecule has 1 aromatic heterocycles. The molecule has 2 aromatic rings. The van der Waals surface area contributed by atoms with Crippen LogP contribution in [0.15, 0.2) is 48.7 Å². The Morgan fingerprint density at radius 1 is 1.25 bits per heavy atom. The summed E-state index contributed by atoms with van der Waals surface area (Å²) >= 11 is 0. The molecule has 2 N–H and O–H groups in total. The van der Waals surface area contributed by atoms with Crippen molar-refractivity contribution >= 4 is 5.91 Å². The van der Waals surface area contributed by atoms with Crippen LogP contribution in [0.25, 0.3) is 0 Å². The van der Waals surface area contributed by atoms with E-state index in [1.165, 1.54) is 0 Å². The number of likely N-dealkylation sites (tertiary alicyclic amines) is 1. The fourth-order valence-electron chi connectivity index (χ4n) is 2.81. The maximum absolute atomic E-state index is 12.4. The third-order valence-corrected chi connectivity index (χ3v) is 3.89. The van der Waals surface area contributed by atoms with Crippen LogP contribution in [0.5, 0.6) is 0 Å². The van der Waals surface area contributed by atoms with Crippen LogP contribution >= 0.6 is 0 Å². The number of H-pyrrole nitrogens is 1. The number of aliphatic hydroxyl groups excluding tert-OH is 1. The quantitative estimate of drug-likeness (QED) is 0.894. The summed E-state index contributed by atoms with van der Waals surface area (Å²) in [6, 6.07) is 13.4. The van der Waals surface area contributed by atoms with Crippen molar-refractivity contribution in [1.29, 1.82) is 0 Å². The predicted octanol–water partition coefficient (Wildman–Crippen LogP) is 1.83. The van der Waals surface area contributed by atoms with Gasteiger partial charge in [0, 0.05) is 12.7 Å². The van der Waals surface area contributed by atoms with Crippen LogP contribution in [0.4, 0.5) is 0 Å². The first-order valence-electron chi connectivity index (χ1n) is 6.92. The molecule has 0 radical (unpaired) electrons. The summed E-state index contributed by atoms with van der Waals surface area (Å²) in [7, 11) is 0. The predicted molar refractivity (Wildman–Crippen MR) is 76.4 cm³/mol. The summed E-state index contributed by atoms with van der Waals surface area (Å²) in [5, 5.41) is 10.2. The average Bonchev–Trinajstić information content (AvgIpc) is 3.11. The zero-order valence-corrected chi connectivity index (χ0v) is 11.2. The fraction of sp³-hybridized carbons (Fsp3) is 0.312. The number of carbonyl (C=O) groups excluding carboxylic acids is 1. The molecule has 2 atom stereocenters. The van der Waals surface area contributed by atoms with E-state index in [1.54, 1.807) is 17.2 Å². The van der Waals surface area contributed by atoms with Crippen molar-refractivity contribution in [3.63, 3.8) is 0 Å². The van der Waals surface area contributed by atoms with Gasteiger partial charge in [-0.3, -0.25) is 4.79 Å². The molecule has 1 aliphatic heterocycles. The van der Waals surface area contributed by atoms with Gasteiger partial charge >= 0.3 is 0 Å². The summed E-state index contributed by atoms with van der Waals surface area (Å²) in [6.07, 6.45) is 2.62. The van der Waals surface area contributed by atoms with E-state index in [2.05, 4.69) is 4.98 Å². The molecule has 0 spiro atoms. The molecule has 1 aliphatic rings. The van der Waals surface area contributed by atoms with Crippen molar-refractivity contribution in [3.05, 3.63) is 59.9 Å². The first-order valence-corrected chi connectivity index (χ1v) is 6.92. The van der Waals surface area contributed by atoms with Gasteiger partial charge in [-0.15, -0.1) is 0 Å². The van der Waals surface area contributed by atoms with Crippen LogP contribution in [0.2, 0.25) is 0 Å². The molecule has 4 nitrogen and oxygen atoms in total. The van der Waals surface area contributed by atoms with E-state index in [9.17, 15) is 9.90 Å². The molecule has 2 heterocycles. The Hall–Kier alpha value is -2.07. The van der Waals surface area contributed by atoms with Crippen LogP contribution in [0.3, 0.4) is 0 Å². The van der Waals surface area contributed by atoms with Gasteiger partial charge in [0.2, 0.25) is 0 Å². The van der Waals surface area contributed by atoms with Crippen molar-refractivity contribution in [1.82, 2.24) is 9.88 Å². The van der Waals surface area contributed by atoms with Crippen LogP contribution in [0.1, 0.15) is 22.5 Å². The number of aliphatic hydroxyl groups is 1. The molecule has 104 valence electrons. The Bertz CT molecular complexity index is 565. The second-order valence-corrected chi connectivity index (χ2v) is 5.20. The third-order valence-electron chi connectivity index (χ3n) is 3.89. The molecule has 1 aromatic carbocycles. The summed E-state index contributed by atoms with van der Waals surface area (Å²) < 4.78 is 0. The second-order valence-electron chi connectivity index (χ2n) is 5.20. The Kier molecular flexibility index (Phi) is 3.56. The molecule has 20 heavy (non-hydrogen) atoms. The summed E-state index contributed by atoms with van der Waals surface area (Å²) in [4.78, 5) is 17.2. The van der Waals surface area contributed by atoms with Gasteiger partial charge in [-0.05, 0) is 30.5 Å². The molecule has 4 heteroatoms. The highest BCUT2D eigenvalue weighted by molar-refractivity contribution is 5.92. The molecule has 1 amide bonds. The molecule has 1 fully saturated rings. The Balaban J connectivity index is 1.78. The Morgan fingerprint density at radius 2 is 2.05 bits per heavy atom. The minimum absolute atomic E-state index is 0.0347. The van der Waals surface area contributed by atoms with Crippen LogP contribution in [0, 0.1) is 0 Å². The van der Waals surface area contributed by atoms with Gasteiger partial charge in [-0.2, -0.15) is 0 Å². The SMILES string of the molecule is O=C(c1ccc[nH]1)N1CC[C@@H](O)[C@H]1Cc1ccccc1. The lowest BCUT2D eigenvalue weighted by molar-refractivity contribution is 0.0635. The smallest absolute Gasteiger partial charge is 0.270 e. The summed E-state index contributed by atoms with van der Waals surface area (Å²) in [6.45, 7) is 0.608. The Morgan fingerprint density at radius 3 is 2.75 bits per heavy atom. The molecule has 0 unspecified atom stereocenters. The zero-order chi connectivity index (χ0) is 13.9. The van der Waals surface area contributed by atoms with Crippen molar-refractivity contribution < 1.29 is 9.90 Å². The van der Waals surface area contributed by atoms with Gasteiger partial charge < -0.3 is 15.0 Å². The van der Waals surface area contributed by atoms with Gasteiger partial charge in [0.1, 0.15) is 5.69 Å². The van der Waals surface area contributed by atoms with E-state index in [1.807, 2.05) is 36.4 Å². The number of aromatic amines is 1. The first-order chi connectivity index (χ1) is 9.75. The van der Waals surface area contributed by atoms with E-state index >= 15 is 0 Å². The van der Waals surface area contributed by atoms with Crippen LogP contribution < -0.4 is 0 Å². The molecule has 0 bridgehead atoms. The Labute approximate surface area is 118 Å². The summed E-state index contributed by atoms with van der Waals surface area (Å²) in [5.74, 6) is -0.0347. The fourth-order valence-corrected chi connectivity index (χ4v) is 2.81. The number of aromatic nitrogens is 1. The molecule has 1 saturated heterocycles. The number of nitrogens with zero attached hydrogens (tertiary/aromatic N) is 1. The van der Waals surface area contributed by atoms with E-state index in [0.29, 0.717) is 25.1 Å². The molecular formula is C16H18N2O2. The van der Waals surface area contributed by atoms with Gasteiger partial charge in [-0.1, -0.05) is 30.3 Å². The minimum Gasteiger partial charge on any atom is -0.391 e. The standard InChI is InChI=1S/C16H18N2O2/c19-15-8-10-18(16(20)13-7-4-9-17-13)14(15)11-12-5-2-1-3-6-12/h1-7,9,14-15,17,19H,8,10-11H2/t14-,15-/m1/s1. The normalized spacial score (nSPS) is 22.1. The van der Waals surface area contributed by atoms with E-state index in [0.717, 1.165) is 5.56 Å². The van der Waals surface area contributed by atoms with Crippen LogP contribution in [-0.2, 0) is 6.42 Å². The van der Waals surface area contributed by atoms with Crippen molar-refractivity contribution in [3.8, 4) is 0 Å². The minimum atomic E-state index is -0.450. The van der Waals surface area contributed by atoms with Crippen molar-refractivity contribution in [2.75, 3.05) is 6.54 Å². The van der Waals surface area contributed by atoms with Gasteiger partial charge in [0.05, 0.1) is 12.1 Å². The molecular weight excluding hydrogens is 252 g/mol. The lowest BCUT2D eigenvalue weighted by atomic mass is 10.0. The van der Waals surface area contributed by atoms with Crippen LogP contribution in [-0.4, -0.2) is 39.6 Å². The summed E-state index contributed by atoms with van der Waals surface area (Å²) in [5.41, 5.74) is 1.72. The first kappa shape index (κ1) is 12.9. The van der Waals surface area contributed by atoms with E-state index < -0.39 is 6.10 Å². The lowest BCUT2D eigenvalue weighted by Gasteiger charge is -2.26. The number of nitrogens with one attached hydrogen (secondary N) is 1. The third kappa shape index (κ3) is 2.47. The maximum Gasteiger partial charge on any atom is 0.270 e. The van der Waals surface area contributed by atoms with E-state index in [-0.39, 0.29) is 11.9 Å². The highest BCUT2D eigenvalue weighted by Gasteiger charge is 2.36. The van der Waals surface area contributed by atoms with Gasteiger partial charge in [0.15, 0.2) is 0 Å². The molecule has 0 saturated carbocycles. The zero-order valence-electron chi connectivity index (χ0n) is 11.2. The van der Waals surface area contributed by atoms with Gasteiger partial charge in [-0.25, -0.2) is 0 Å². The van der Waals surface area contributed by atoms with Crippen molar-refractivity contribution in [2.45, 2.75) is 25.0 Å². The highest BCUT2D eigenvalue weighted by atomic mass is 16.3. The number of rotatable bonds is 3. The number of benzene rings is 1. The maximum atomic E-state index is 12.4. The highest BCUT2D eigenvalue weighted by Crippen LogP contribution is 2.23. The lowest BCUT2D eigenvalue weighted by Crippen LogP contribution is -2.41. The van der Waals surface area contributed by atoms with Crippen molar-refractivity contribution in [2.24, 2.45) is 0 Å². The number of amides is 1. The molecule has 3 rings (SSSR count).